The molecule has 2 aliphatic rings. The first kappa shape index (κ1) is 16.5. The van der Waals surface area contributed by atoms with Crippen LogP contribution in [0.4, 0.5) is 10.6 Å². The van der Waals surface area contributed by atoms with E-state index in [9.17, 15) is 4.79 Å². The molecule has 1 saturated carbocycles. The van der Waals surface area contributed by atoms with Crippen LogP contribution in [-0.2, 0) is 6.54 Å². The standard InChI is InChI=1S/C19H23ClN4O/c20-16-6-2-1-5-15(16)13-24-17(7-11-21-24)22-18(25)23-12-10-19(14-23)8-3-4-9-19/h1-2,5-7,11H,3-4,8-10,12-14H2,(H,22,25). The fraction of sp³-hybridized carbons (Fsp3) is 0.474. The zero-order valence-corrected chi connectivity index (χ0v) is 15.0. The molecule has 6 heteroatoms. The lowest BCUT2D eigenvalue weighted by Gasteiger charge is -2.23. The predicted octanol–water partition coefficient (Wildman–Crippen LogP) is 4.38. The number of rotatable bonds is 3. The molecule has 1 saturated heterocycles. The molecule has 1 spiro atoms. The minimum Gasteiger partial charge on any atom is -0.324 e. The molecule has 1 aliphatic heterocycles. The Kier molecular flexibility index (Phi) is 4.42. The van der Waals surface area contributed by atoms with Crippen molar-refractivity contribution in [3.8, 4) is 0 Å². The van der Waals surface area contributed by atoms with Crippen LogP contribution in [0.2, 0.25) is 5.02 Å². The van der Waals surface area contributed by atoms with Gasteiger partial charge in [-0.1, -0.05) is 42.6 Å². The summed E-state index contributed by atoms with van der Waals surface area (Å²) >= 11 is 6.24. The third-order valence-corrected chi connectivity index (χ3v) is 5.99. The van der Waals surface area contributed by atoms with Crippen LogP contribution < -0.4 is 5.32 Å². The number of carbonyl (C=O) groups excluding carboxylic acids is 1. The molecule has 1 aliphatic carbocycles. The van der Waals surface area contributed by atoms with E-state index in [1.807, 2.05) is 35.2 Å². The van der Waals surface area contributed by atoms with Crippen LogP contribution in [0.15, 0.2) is 36.5 Å². The number of hydrogen-bond donors (Lipinski definition) is 1. The van der Waals surface area contributed by atoms with Gasteiger partial charge in [0.05, 0.1) is 12.7 Å². The lowest BCUT2D eigenvalue weighted by atomic mass is 9.86. The van der Waals surface area contributed by atoms with Gasteiger partial charge in [0.2, 0.25) is 0 Å². The minimum atomic E-state index is -0.0234. The molecule has 132 valence electrons. The maximum atomic E-state index is 12.7. The number of hydrogen-bond acceptors (Lipinski definition) is 2. The van der Waals surface area contributed by atoms with E-state index in [1.165, 1.54) is 25.7 Å². The molecule has 2 amide bonds. The van der Waals surface area contributed by atoms with E-state index >= 15 is 0 Å². The number of carbonyl (C=O) groups is 1. The summed E-state index contributed by atoms with van der Waals surface area (Å²) in [7, 11) is 0. The SMILES string of the molecule is O=C(Nc1ccnn1Cc1ccccc1Cl)N1CCC2(CCCC2)C1. The van der Waals surface area contributed by atoms with Gasteiger partial charge in [-0.25, -0.2) is 9.48 Å². The second-order valence-electron chi connectivity index (χ2n) is 7.27. The number of nitrogens with zero attached hydrogens (tertiary/aromatic N) is 3. The largest absolute Gasteiger partial charge is 0.324 e. The normalized spacial score (nSPS) is 18.8. The van der Waals surface area contributed by atoms with Crippen LogP contribution >= 0.6 is 11.6 Å². The van der Waals surface area contributed by atoms with Crippen LogP contribution in [0.1, 0.15) is 37.7 Å². The van der Waals surface area contributed by atoms with Gasteiger partial charge in [-0.15, -0.1) is 0 Å². The molecule has 0 bridgehead atoms. The molecule has 5 nitrogen and oxygen atoms in total. The number of benzene rings is 1. The van der Waals surface area contributed by atoms with E-state index in [0.717, 1.165) is 25.1 Å². The first-order chi connectivity index (χ1) is 12.2. The molecule has 25 heavy (non-hydrogen) atoms. The fourth-order valence-electron chi connectivity index (χ4n) is 4.18. The summed E-state index contributed by atoms with van der Waals surface area (Å²) in [4.78, 5) is 14.6. The molecule has 2 heterocycles. The van der Waals surface area contributed by atoms with Crippen LogP contribution in [0.3, 0.4) is 0 Å². The highest BCUT2D eigenvalue weighted by Gasteiger charge is 2.41. The number of anilines is 1. The quantitative estimate of drug-likeness (QED) is 0.885. The Balaban J connectivity index is 1.43. The van der Waals surface area contributed by atoms with E-state index in [0.29, 0.717) is 22.8 Å². The van der Waals surface area contributed by atoms with Gasteiger partial charge in [-0.05, 0) is 36.3 Å². The van der Waals surface area contributed by atoms with E-state index in [1.54, 1.807) is 10.9 Å². The van der Waals surface area contributed by atoms with Gasteiger partial charge in [-0.2, -0.15) is 5.10 Å². The maximum absolute atomic E-state index is 12.7. The van der Waals surface area contributed by atoms with Crippen molar-refractivity contribution in [1.82, 2.24) is 14.7 Å². The van der Waals surface area contributed by atoms with Crippen molar-refractivity contribution in [3.05, 3.63) is 47.1 Å². The van der Waals surface area contributed by atoms with Crippen molar-refractivity contribution in [2.24, 2.45) is 5.41 Å². The zero-order valence-electron chi connectivity index (χ0n) is 14.2. The molecule has 2 aromatic rings. The summed E-state index contributed by atoms with van der Waals surface area (Å²) in [5, 5.41) is 8.06. The Bertz CT molecular complexity index is 766. The van der Waals surface area contributed by atoms with Crippen molar-refractivity contribution in [2.75, 3.05) is 18.4 Å². The number of urea groups is 1. The van der Waals surface area contributed by atoms with Gasteiger partial charge in [0, 0.05) is 24.2 Å². The lowest BCUT2D eigenvalue weighted by molar-refractivity contribution is 0.213. The van der Waals surface area contributed by atoms with Crippen LogP contribution in [0.5, 0.6) is 0 Å². The third-order valence-electron chi connectivity index (χ3n) is 5.62. The van der Waals surface area contributed by atoms with Gasteiger partial charge in [0.25, 0.3) is 0 Å². The van der Waals surface area contributed by atoms with Crippen molar-refractivity contribution < 1.29 is 4.79 Å². The Morgan fingerprint density at radius 1 is 1.20 bits per heavy atom. The van der Waals surface area contributed by atoms with E-state index in [4.69, 9.17) is 11.6 Å². The van der Waals surface area contributed by atoms with Crippen molar-refractivity contribution in [2.45, 2.75) is 38.6 Å². The molecule has 1 aromatic carbocycles. The Hall–Kier alpha value is -2.01. The Morgan fingerprint density at radius 2 is 2.00 bits per heavy atom. The maximum Gasteiger partial charge on any atom is 0.323 e. The van der Waals surface area contributed by atoms with Gasteiger partial charge < -0.3 is 4.90 Å². The van der Waals surface area contributed by atoms with Crippen LogP contribution in [0.25, 0.3) is 0 Å². The summed E-state index contributed by atoms with van der Waals surface area (Å²) < 4.78 is 1.78. The average molecular weight is 359 g/mol. The first-order valence-electron chi connectivity index (χ1n) is 8.96. The van der Waals surface area contributed by atoms with E-state index < -0.39 is 0 Å². The second kappa shape index (κ2) is 6.71. The first-order valence-corrected chi connectivity index (χ1v) is 9.34. The van der Waals surface area contributed by atoms with Gasteiger partial charge in [0.1, 0.15) is 5.82 Å². The smallest absolute Gasteiger partial charge is 0.323 e. The van der Waals surface area contributed by atoms with Crippen molar-refractivity contribution in [3.63, 3.8) is 0 Å². The summed E-state index contributed by atoms with van der Waals surface area (Å²) in [5.41, 5.74) is 1.37. The Morgan fingerprint density at radius 3 is 2.80 bits per heavy atom. The van der Waals surface area contributed by atoms with Crippen molar-refractivity contribution >= 4 is 23.4 Å². The highest BCUT2D eigenvalue weighted by Crippen LogP contribution is 2.45. The van der Waals surface area contributed by atoms with Gasteiger partial charge in [0.15, 0.2) is 0 Å². The molecule has 1 N–H and O–H groups in total. The molecule has 0 unspecified atom stereocenters. The number of nitrogens with one attached hydrogen (secondary N) is 1. The molecule has 0 atom stereocenters. The molecular weight excluding hydrogens is 336 g/mol. The van der Waals surface area contributed by atoms with E-state index in [-0.39, 0.29) is 6.03 Å². The summed E-state index contributed by atoms with van der Waals surface area (Å²) in [5.74, 6) is 0.706. The number of amides is 2. The number of halogens is 1. The molecule has 1 aromatic heterocycles. The van der Waals surface area contributed by atoms with Gasteiger partial charge in [-0.3, -0.25) is 5.32 Å². The predicted molar refractivity (Wildman–Crippen MR) is 98.9 cm³/mol. The van der Waals surface area contributed by atoms with Gasteiger partial charge >= 0.3 is 6.03 Å². The number of likely N-dealkylation sites (tertiary alicyclic amines) is 1. The molecule has 2 fully saturated rings. The zero-order chi connectivity index (χ0) is 17.3. The average Bonchev–Trinajstić information content (AvgIpc) is 3.34. The topological polar surface area (TPSA) is 50.2 Å². The lowest BCUT2D eigenvalue weighted by Crippen LogP contribution is -2.35. The fourth-order valence-corrected chi connectivity index (χ4v) is 4.38. The summed E-state index contributed by atoms with van der Waals surface area (Å²) in [6, 6.07) is 9.50. The Labute approximate surface area is 153 Å². The molecular formula is C19H23ClN4O. The van der Waals surface area contributed by atoms with Crippen LogP contribution in [-0.4, -0.2) is 33.8 Å². The number of aromatic nitrogens is 2. The summed E-state index contributed by atoms with van der Waals surface area (Å²) in [6.07, 6.45) is 7.98. The molecule has 0 radical (unpaired) electrons. The monoisotopic (exact) mass is 358 g/mol. The second-order valence-corrected chi connectivity index (χ2v) is 7.68. The third kappa shape index (κ3) is 3.38. The highest BCUT2D eigenvalue weighted by atomic mass is 35.5. The van der Waals surface area contributed by atoms with Crippen LogP contribution in [0, 0.1) is 5.41 Å². The minimum absolute atomic E-state index is 0.0234. The highest BCUT2D eigenvalue weighted by molar-refractivity contribution is 6.31. The summed E-state index contributed by atoms with van der Waals surface area (Å²) in [6.45, 7) is 2.27. The molecule has 4 rings (SSSR count). The van der Waals surface area contributed by atoms with E-state index in [2.05, 4.69) is 10.4 Å². The van der Waals surface area contributed by atoms with Crippen molar-refractivity contribution in [1.29, 1.82) is 0 Å².